The first kappa shape index (κ1) is 12.8. The molecule has 64 valence electrons. The fraction of sp³-hybridized carbons (Fsp3) is 1.00. The second-order valence-corrected chi connectivity index (χ2v) is 3.09. The number of nitrogens with one attached hydrogen (secondary N) is 2. The smallest absolute Gasteiger partial charge is 0.276 e. The Morgan fingerprint density at radius 2 is 2.00 bits per heavy atom. The number of nitrogens with two attached hydrogens (primary N) is 1. The van der Waals surface area contributed by atoms with Gasteiger partial charge in [-0.2, -0.15) is 8.42 Å². The Balaban J connectivity index is 0. The SMILES string of the molecule is CNS(=O)(=O)NCCN.Cl. The molecule has 0 saturated carbocycles. The molecule has 0 amide bonds. The first-order valence-corrected chi connectivity index (χ1v) is 3.99. The van der Waals surface area contributed by atoms with Gasteiger partial charge in [-0.1, -0.05) is 0 Å². The molecule has 0 bridgehead atoms. The highest BCUT2D eigenvalue weighted by molar-refractivity contribution is 7.87. The van der Waals surface area contributed by atoms with Crippen LogP contribution in [0.5, 0.6) is 0 Å². The molecule has 7 heteroatoms. The Labute approximate surface area is 67.0 Å². The van der Waals surface area contributed by atoms with Crippen LogP contribution < -0.4 is 15.2 Å². The summed E-state index contributed by atoms with van der Waals surface area (Å²) in [5.41, 5.74) is 5.04. The van der Waals surface area contributed by atoms with Crippen LogP contribution in [0.1, 0.15) is 0 Å². The third-order valence-corrected chi connectivity index (χ3v) is 1.83. The molecule has 0 unspecified atom stereocenters. The van der Waals surface area contributed by atoms with Crippen molar-refractivity contribution < 1.29 is 8.42 Å². The van der Waals surface area contributed by atoms with Crippen LogP contribution in [0.15, 0.2) is 0 Å². The summed E-state index contributed by atoms with van der Waals surface area (Å²) >= 11 is 0. The van der Waals surface area contributed by atoms with Crippen LogP contribution in [0.25, 0.3) is 0 Å². The minimum atomic E-state index is -3.26. The lowest BCUT2D eigenvalue weighted by Gasteiger charge is -2.00. The molecule has 0 aromatic carbocycles. The van der Waals surface area contributed by atoms with Crippen LogP contribution in [-0.2, 0) is 10.2 Å². The number of rotatable bonds is 4. The molecule has 10 heavy (non-hydrogen) atoms. The molecule has 5 nitrogen and oxygen atoms in total. The Bertz CT molecular complexity index is 157. The summed E-state index contributed by atoms with van der Waals surface area (Å²) in [5.74, 6) is 0. The van der Waals surface area contributed by atoms with E-state index in [0.717, 1.165) is 0 Å². The van der Waals surface area contributed by atoms with Crippen molar-refractivity contribution in [2.75, 3.05) is 20.1 Å². The van der Waals surface area contributed by atoms with Crippen LogP contribution >= 0.6 is 12.4 Å². The van der Waals surface area contributed by atoms with Crippen molar-refractivity contribution in [3.05, 3.63) is 0 Å². The summed E-state index contributed by atoms with van der Waals surface area (Å²) in [6.45, 7) is 0.573. The van der Waals surface area contributed by atoms with Crippen molar-refractivity contribution >= 4 is 22.6 Å². The molecule has 0 spiro atoms. The van der Waals surface area contributed by atoms with Gasteiger partial charge in [-0.3, -0.25) is 0 Å². The van der Waals surface area contributed by atoms with Crippen LogP contribution in [0, 0.1) is 0 Å². The van der Waals surface area contributed by atoms with E-state index in [4.69, 9.17) is 5.73 Å². The summed E-state index contributed by atoms with van der Waals surface area (Å²) < 4.78 is 25.2. The maximum absolute atomic E-state index is 10.5. The van der Waals surface area contributed by atoms with Crippen molar-refractivity contribution in [1.82, 2.24) is 9.44 Å². The van der Waals surface area contributed by atoms with Gasteiger partial charge in [0.25, 0.3) is 10.2 Å². The molecular formula is C3H12ClN3O2S. The molecule has 0 fully saturated rings. The van der Waals surface area contributed by atoms with E-state index in [-0.39, 0.29) is 19.0 Å². The molecule has 0 saturated heterocycles. The predicted molar refractivity (Wildman–Crippen MR) is 42.3 cm³/mol. The minimum Gasteiger partial charge on any atom is -0.329 e. The molecule has 0 atom stereocenters. The largest absolute Gasteiger partial charge is 0.329 e. The minimum absolute atomic E-state index is 0. The van der Waals surface area contributed by atoms with E-state index >= 15 is 0 Å². The van der Waals surface area contributed by atoms with E-state index in [1.165, 1.54) is 7.05 Å². The maximum atomic E-state index is 10.5. The molecule has 4 N–H and O–H groups in total. The van der Waals surface area contributed by atoms with E-state index in [1.54, 1.807) is 0 Å². The Morgan fingerprint density at radius 1 is 1.50 bits per heavy atom. The first-order valence-electron chi connectivity index (χ1n) is 2.50. The fourth-order valence-electron chi connectivity index (χ4n) is 0.265. The molecule has 0 radical (unpaired) electrons. The number of halogens is 1. The van der Waals surface area contributed by atoms with Gasteiger partial charge in [0.2, 0.25) is 0 Å². The van der Waals surface area contributed by atoms with Gasteiger partial charge in [-0.15, -0.1) is 12.4 Å². The second kappa shape index (κ2) is 5.87. The molecule has 0 aromatic heterocycles. The Morgan fingerprint density at radius 3 is 2.30 bits per heavy atom. The summed E-state index contributed by atoms with van der Waals surface area (Å²) in [6.07, 6.45) is 0. The Hall–Kier alpha value is 0.120. The molecular weight excluding hydrogens is 178 g/mol. The zero-order chi connectivity index (χ0) is 7.33. The van der Waals surface area contributed by atoms with Crippen molar-refractivity contribution in [3.8, 4) is 0 Å². The molecule has 0 heterocycles. The van der Waals surface area contributed by atoms with Crippen LogP contribution in [0.2, 0.25) is 0 Å². The van der Waals surface area contributed by atoms with Gasteiger partial charge in [0.15, 0.2) is 0 Å². The summed E-state index contributed by atoms with van der Waals surface area (Å²) in [5, 5.41) is 0. The van der Waals surface area contributed by atoms with Crippen molar-refractivity contribution in [1.29, 1.82) is 0 Å². The van der Waals surface area contributed by atoms with Crippen LogP contribution in [0.3, 0.4) is 0 Å². The molecule has 0 aliphatic carbocycles. The summed E-state index contributed by atoms with van der Waals surface area (Å²) in [7, 11) is -1.93. The topological polar surface area (TPSA) is 84.2 Å². The van der Waals surface area contributed by atoms with Gasteiger partial charge in [0.05, 0.1) is 0 Å². The van der Waals surface area contributed by atoms with Gasteiger partial charge >= 0.3 is 0 Å². The van der Waals surface area contributed by atoms with Crippen molar-refractivity contribution in [3.63, 3.8) is 0 Å². The lowest BCUT2D eigenvalue weighted by Crippen LogP contribution is -2.36. The summed E-state index contributed by atoms with van der Waals surface area (Å²) in [6, 6.07) is 0. The normalized spacial score (nSPS) is 10.6. The van der Waals surface area contributed by atoms with E-state index in [1.807, 2.05) is 0 Å². The predicted octanol–water partition coefficient (Wildman–Crippen LogP) is -1.58. The molecule has 0 rings (SSSR count). The van der Waals surface area contributed by atoms with E-state index in [2.05, 4.69) is 9.44 Å². The maximum Gasteiger partial charge on any atom is 0.276 e. The average molecular weight is 190 g/mol. The zero-order valence-electron chi connectivity index (χ0n) is 5.62. The standard InChI is InChI=1S/C3H11N3O2S.ClH/c1-5-9(7,8)6-3-2-4;/h5-6H,2-4H2,1H3;1H. The van der Waals surface area contributed by atoms with Gasteiger partial charge in [-0.25, -0.2) is 9.44 Å². The molecule has 0 aliphatic rings. The number of hydrogen-bond acceptors (Lipinski definition) is 3. The van der Waals surface area contributed by atoms with E-state index < -0.39 is 10.2 Å². The van der Waals surface area contributed by atoms with E-state index in [0.29, 0.717) is 6.54 Å². The van der Waals surface area contributed by atoms with Crippen molar-refractivity contribution in [2.24, 2.45) is 5.73 Å². The van der Waals surface area contributed by atoms with Crippen molar-refractivity contribution in [2.45, 2.75) is 0 Å². The number of hydrogen-bond donors (Lipinski definition) is 3. The van der Waals surface area contributed by atoms with Gasteiger partial charge in [0, 0.05) is 20.1 Å². The monoisotopic (exact) mass is 189 g/mol. The third kappa shape index (κ3) is 6.24. The average Bonchev–Trinajstić information content (AvgIpc) is 1.84. The summed E-state index contributed by atoms with van der Waals surface area (Å²) in [4.78, 5) is 0. The third-order valence-electron chi connectivity index (χ3n) is 0.705. The lowest BCUT2D eigenvalue weighted by molar-refractivity contribution is 0.574. The highest BCUT2D eigenvalue weighted by Crippen LogP contribution is 1.68. The van der Waals surface area contributed by atoms with E-state index in [9.17, 15) is 8.42 Å². The first-order chi connectivity index (χ1) is 4.12. The zero-order valence-corrected chi connectivity index (χ0v) is 7.26. The fourth-order valence-corrected chi connectivity index (χ4v) is 0.796. The van der Waals surface area contributed by atoms with Gasteiger partial charge in [-0.05, 0) is 0 Å². The highest BCUT2D eigenvalue weighted by Gasteiger charge is 2.01. The second-order valence-electron chi connectivity index (χ2n) is 1.39. The van der Waals surface area contributed by atoms with Gasteiger partial charge < -0.3 is 5.73 Å². The highest BCUT2D eigenvalue weighted by atomic mass is 35.5. The quantitative estimate of drug-likeness (QED) is 0.499. The van der Waals surface area contributed by atoms with Gasteiger partial charge in [0.1, 0.15) is 0 Å². The van der Waals surface area contributed by atoms with Crippen LogP contribution in [0.4, 0.5) is 0 Å². The molecule has 0 aliphatic heterocycles. The lowest BCUT2D eigenvalue weighted by atomic mass is 10.7. The van der Waals surface area contributed by atoms with Crippen LogP contribution in [-0.4, -0.2) is 28.6 Å². The molecule has 0 aromatic rings. The Kier molecular flexibility index (Phi) is 7.50.